The van der Waals surface area contributed by atoms with Gasteiger partial charge in [-0.2, -0.15) is 0 Å². The summed E-state index contributed by atoms with van der Waals surface area (Å²) in [5.74, 6) is 0.680. The molecule has 0 saturated carbocycles. The quantitative estimate of drug-likeness (QED) is 0.835. The maximum atomic E-state index is 5.76. The lowest BCUT2D eigenvalue weighted by molar-refractivity contribution is 0.186. The van der Waals surface area contributed by atoms with Crippen molar-refractivity contribution in [1.82, 2.24) is 4.98 Å². The summed E-state index contributed by atoms with van der Waals surface area (Å²) in [6.45, 7) is 5.24. The maximum absolute atomic E-state index is 5.76. The molecular formula is C10H15ClN2O. The van der Waals surface area contributed by atoms with Gasteiger partial charge in [0.15, 0.2) is 0 Å². The average molecular weight is 215 g/mol. The topological polar surface area (TPSA) is 48.1 Å². The van der Waals surface area contributed by atoms with Crippen molar-refractivity contribution in [2.45, 2.75) is 13.8 Å². The van der Waals surface area contributed by atoms with Gasteiger partial charge in [-0.05, 0) is 0 Å². The van der Waals surface area contributed by atoms with Gasteiger partial charge in [-0.1, -0.05) is 25.4 Å². The second-order valence-electron chi connectivity index (χ2n) is 4.00. The van der Waals surface area contributed by atoms with Crippen LogP contribution in [0.3, 0.4) is 0 Å². The molecular weight excluding hydrogens is 200 g/mol. The Kier molecular flexibility index (Phi) is 3.72. The van der Waals surface area contributed by atoms with Crippen LogP contribution in [-0.4, -0.2) is 18.1 Å². The van der Waals surface area contributed by atoms with E-state index in [-0.39, 0.29) is 5.41 Å². The molecule has 0 atom stereocenters. The number of nitrogens with zero attached hydrogens (tertiary/aromatic N) is 1. The van der Waals surface area contributed by atoms with Crippen molar-refractivity contribution < 1.29 is 4.74 Å². The van der Waals surface area contributed by atoms with Gasteiger partial charge in [-0.3, -0.25) is 4.98 Å². The zero-order chi connectivity index (χ0) is 10.6. The standard InChI is InChI=1S/C10H15ClN2O/c1-10(2,6-12)7-14-9-3-8(11)4-13-5-9/h3-5H,6-7,12H2,1-2H3. The molecule has 0 fully saturated rings. The van der Waals surface area contributed by atoms with Crippen LogP contribution >= 0.6 is 11.6 Å². The molecule has 3 nitrogen and oxygen atoms in total. The van der Waals surface area contributed by atoms with Crippen LogP contribution in [0.5, 0.6) is 5.75 Å². The molecule has 0 aliphatic rings. The van der Waals surface area contributed by atoms with E-state index in [4.69, 9.17) is 22.1 Å². The molecule has 0 spiro atoms. The van der Waals surface area contributed by atoms with Crippen molar-refractivity contribution in [2.24, 2.45) is 11.1 Å². The molecule has 2 N–H and O–H groups in total. The molecule has 0 radical (unpaired) electrons. The molecule has 0 saturated heterocycles. The molecule has 1 heterocycles. The SMILES string of the molecule is CC(C)(CN)COc1cncc(Cl)c1. The summed E-state index contributed by atoms with van der Waals surface area (Å²) < 4.78 is 5.52. The van der Waals surface area contributed by atoms with E-state index in [2.05, 4.69) is 4.98 Å². The van der Waals surface area contributed by atoms with Crippen molar-refractivity contribution >= 4 is 11.6 Å². The molecule has 1 aromatic heterocycles. The van der Waals surface area contributed by atoms with Gasteiger partial charge < -0.3 is 10.5 Å². The van der Waals surface area contributed by atoms with E-state index in [1.807, 2.05) is 13.8 Å². The molecule has 0 aliphatic heterocycles. The van der Waals surface area contributed by atoms with E-state index in [9.17, 15) is 0 Å². The van der Waals surface area contributed by atoms with Crippen molar-refractivity contribution in [3.8, 4) is 5.75 Å². The molecule has 0 aromatic carbocycles. The first kappa shape index (κ1) is 11.3. The van der Waals surface area contributed by atoms with E-state index < -0.39 is 0 Å². The monoisotopic (exact) mass is 214 g/mol. The van der Waals surface area contributed by atoms with Gasteiger partial charge in [0, 0.05) is 24.2 Å². The minimum atomic E-state index is -0.0255. The number of aromatic nitrogens is 1. The smallest absolute Gasteiger partial charge is 0.139 e. The number of ether oxygens (including phenoxy) is 1. The first-order chi connectivity index (χ1) is 6.53. The second kappa shape index (κ2) is 4.62. The zero-order valence-corrected chi connectivity index (χ0v) is 9.21. The van der Waals surface area contributed by atoms with Gasteiger partial charge >= 0.3 is 0 Å². The molecule has 1 aromatic rings. The van der Waals surface area contributed by atoms with Crippen LogP contribution in [0.2, 0.25) is 5.02 Å². The number of rotatable bonds is 4. The molecule has 0 bridgehead atoms. The van der Waals surface area contributed by atoms with E-state index in [1.165, 1.54) is 0 Å². The molecule has 0 amide bonds. The Hall–Kier alpha value is -0.800. The van der Waals surface area contributed by atoms with Crippen molar-refractivity contribution in [3.63, 3.8) is 0 Å². The largest absolute Gasteiger partial charge is 0.491 e. The highest BCUT2D eigenvalue weighted by Gasteiger charge is 2.16. The van der Waals surface area contributed by atoms with Crippen molar-refractivity contribution in [1.29, 1.82) is 0 Å². The Morgan fingerprint density at radius 1 is 1.50 bits per heavy atom. The lowest BCUT2D eigenvalue weighted by Crippen LogP contribution is -2.30. The fraction of sp³-hybridized carbons (Fsp3) is 0.500. The third-order valence-corrected chi connectivity index (χ3v) is 2.07. The van der Waals surface area contributed by atoms with Crippen LogP contribution in [-0.2, 0) is 0 Å². The average Bonchev–Trinajstić information content (AvgIpc) is 2.15. The van der Waals surface area contributed by atoms with Gasteiger partial charge in [0.25, 0.3) is 0 Å². The summed E-state index contributed by atoms with van der Waals surface area (Å²) in [4.78, 5) is 3.92. The van der Waals surface area contributed by atoms with Crippen LogP contribution in [0.15, 0.2) is 18.5 Å². The third kappa shape index (κ3) is 3.52. The fourth-order valence-corrected chi connectivity index (χ4v) is 0.973. The minimum Gasteiger partial charge on any atom is -0.491 e. The third-order valence-electron chi connectivity index (χ3n) is 1.86. The summed E-state index contributed by atoms with van der Waals surface area (Å²) in [5, 5.41) is 0.577. The van der Waals surface area contributed by atoms with Gasteiger partial charge in [0.2, 0.25) is 0 Å². The van der Waals surface area contributed by atoms with Crippen LogP contribution in [0.25, 0.3) is 0 Å². The predicted octanol–water partition coefficient (Wildman–Crippen LogP) is 2.10. The number of pyridine rings is 1. The first-order valence-corrected chi connectivity index (χ1v) is 4.85. The molecule has 14 heavy (non-hydrogen) atoms. The summed E-state index contributed by atoms with van der Waals surface area (Å²) in [5.41, 5.74) is 5.55. The van der Waals surface area contributed by atoms with Crippen molar-refractivity contribution in [2.75, 3.05) is 13.2 Å². The molecule has 1 rings (SSSR count). The van der Waals surface area contributed by atoms with Gasteiger partial charge in [0.1, 0.15) is 5.75 Å². The van der Waals surface area contributed by atoms with Crippen LogP contribution < -0.4 is 10.5 Å². The lowest BCUT2D eigenvalue weighted by Gasteiger charge is -2.22. The van der Waals surface area contributed by atoms with Crippen LogP contribution in [0, 0.1) is 5.41 Å². The maximum Gasteiger partial charge on any atom is 0.139 e. The normalized spacial score (nSPS) is 11.4. The Labute approximate surface area is 89.2 Å². The lowest BCUT2D eigenvalue weighted by atomic mass is 9.95. The Bertz CT molecular complexity index is 302. The molecule has 0 aliphatic carbocycles. The van der Waals surface area contributed by atoms with Crippen LogP contribution in [0.1, 0.15) is 13.8 Å². The van der Waals surface area contributed by atoms with Gasteiger partial charge in [-0.15, -0.1) is 0 Å². The summed E-state index contributed by atoms with van der Waals surface area (Å²) in [6.07, 6.45) is 3.21. The number of nitrogens with two attached hydrogens (primary N) is 1. The number of halogens is 1. The first-order valence-electron chi connectivity index (χ1n) is 4.47. The molecule has 4 heteroatoms. The van der Waals surface area contributed by atoms with E-state index in [0.29, 0.717) is 23.9 Å². The summed E-state index contributed by atoms with van der Waals surface area (Å²) >= 11 is 5.76. The Balaban J connectivity index is 2.54. The van der Waals surface area contributed by atoms with Crippen molar-refractivity contribution in [3.05, 3.63) is 23.5 Å². The summed E-state index contributed by atoms with van der Waals surface area (Å²) in [6, 6.07) is 1.74. The van der Waals surface area contributed by atoms with Crippen LogP contribution in [0.4, 0.5) is 0 Å². The van der Waals surface area contributed by atoms with Gasteiger partial charge in [-0.25, -0.2) is 0 Å². The van der Waals surface area contributed by atoms with E-state index >= 15 is 0 Å². The highest BCUT2D eigenvalue weighted by molar-refractivity contribution is 6.30. The number of hydrogen-bond acceptors (Lipinski definition) is 3. The van der Waals surface area contributed by atoms with E-state index in [1.54, 1.807) is 18.5 Å². The Morgan fingerprint density at radius 3 is 2.79 bits per heavy atom. The number of hydrogen-bond donors (Lipinski definition) is 1. The van der Waals surface area contributed by atoms with Gasteiger partial charge in [0.05, 0.1) is 17.8 Å². The highest BCUT2D eigenvalue weighted by atomic mass is 35.5. The molecule has 0 unspecified atom stereocenters. The summed E-state index contributed by atoms with van der Waals surface area (Å²) in [7, 11) is 0. The minimum absolute atomic E-state index is 0.0255. The predicted molar refractivity (Wildman–Crippen MR) is 57.6 cm³/mol. The second-order valence-corrected chi connectivity index (χ2v) is 4.43. The molecule has 78 valence electrons. The van der Waals surface area contributed by atoms with E-state index in [0.717, 1.165) is 0 Å². The Morgan fingerprint density at radius 2 is 2.21 bits per heavy atom. The zero-order valence-electron chi connectivity index (χ0n) is 8.46. The fourth-order valence-electron chi connectivity index (χ4n) is 0.809. The highest BCUT2D eigenvalue weighted by Crippen LogP contribution is 2.19.